The van der Waals surface area contributed by atoms with Crippen LogP contribution in [0.3, 0.4) is 0 Å². The van der Waals surface area contributed by atoms with E-state index in [1.807, 2.05) is 57.2 Å². The van der Waals surface area contributed by atoms with Gasteiger partial charge in [-0.3, -0.25) is 10.2 Å². The van der Waals surface area contributed by atoms with Gasteiger partial charge in [-0.15, -0.1) is 5.11 Å². The van der Waals surface area contributed by atoms with Gasteiger partial charge < -0.3 is 15.7 Å². The lowest BCUT2D eigenvalue weighted by atomic mass is 10.0. The first-order chi connectivity index (χ1) is 16.3. The normalized spacial score (nSPS) is 11.3. The largest absolute Gasteiger partial charge is 0.507 e. The lowest BCUT2D eigenvalue weighted by Crippen LogP contribution is -2.02. The number of carbonyl (C=O) groups excluding carboxylic acids is 1. The fourth-order valence-corrected chi connectivity index (χ4v) is 3.00. The summed E-state index contributed by atoms with van der Waals surface area (Å²) in [6, 6.07) is 10.7. The van der Waals surface area contributed by atoms with Gasteiger partial charge in [-0.2, -0.15) is 0 Å². The van der Waals surface area contributed by atoms with Crippen LogP contribution < -0.4 is 10.6 Å². The van der Waals surface area contributed by atoms with E-state index >= 15 is 0 Å². The average molecular weight is 463 g/mol. The van der Waals surface area contributed by atoms with E-state index in [0.717, 1.165) is 16.7 Å². The summed E-state index contributed by atoms with van der Waals surface area (Å²) < 4.78 is 5.77. The van der Waals surface area contributed by atoms with Gasteiger partial charge in [0.05, 0.1) is 5.56 Å². The highest BCUT2D eigenvalue weighted by Gasteiger charge is 2.13. The highest BCUT2D eigenvalue weighted by atomic mass is 16.5. The van der Waals surface area contributed by atoms with Crippen molar-refractivity contribution in [3.63, 3.8) is 0 Å². The van der Waals surface area contributed by atoms with Crippen molar-refractivity contribution in [1.82, 2.24) is 0 Å². The molecule has 2 aromatic carbocycles. The molecule has 0 radical (unpaired) electrons. The van der Waals surface area contributed by atoms with Gasteiger partial charge in [0, 0.05) is 11.1 Å². The lowest BCUT2D eigenvalue weighted by Gasteiger charge is -2.12. The Balaban J connectivity index is 0.00000281. The fourth-order valence-electron chi connectivity index (χ4n) is 3.00. The van der Waals surface area contributed by atoms with Crippen LogP contribution in [0.25, 0.3) is 0 Å². The molecule has 2 rings (SSSR count). The molecule has 0 atom stereocenters. The molecule has 34 heavy (non-hydrogen) atoms. The molecule has 0 aliphatic carbocycles. The number of ether oxygens (including phenoxy) is 1. The summed E-state index contributed by atoms with van der Waals surface area (Å²) in [5.41, 5.74) is 4.27. The lowest BCUT2D eigenvalue weighted by molar-refractivity contribution is 0.101. The first kappa shape index (κ1) is 28.0. The number of nitrogens with zero attached hydrogens (tertiary/aromatic N) is 2. The molecule has 0 saturated carbocycles. The Bertz CT molecular complexity index is 1110. The molecule has 0 amide bonds. The SMILES string of the molecule is C=C(/C=C\C(=C/C)Cc1cccc(C(=N)N=NN)c1)COc1ccc(C(C)=O)c(O)c1C.CC. The monoisotopic (exact) mass is 462 g/mol. The number of hydrogen-bond donors (Lipinski definition) is 3. The van der Waals surface area contributed by atoms with Crippen molar-refractivity contribution in [3.8, 4) is 11.5 Å². The topological polar surface area (TPSA) is 121 Å². The van der Waals surface area contributed by atoms with Crippen molar-refractivity contribution in [2.24, 2.45) is 16.2 Å². The Labute approximate surface area is 201 Å². The minimum atomic E-state index is -0.200. The van der Waals surface area contributed by atoms with E-state index in [-0.39, 0.29) is 29.5 Å². The molecule has 0 aliphatic rings. The Morgan fingerprint density at radius 1 is 1.24 bits per heavy atom. The van der Waals surface area contributed by atoms with Crippen LogP contribution in [0.1, 0.15) is 54.7 Å². The molecule has 4 N–H and O–H groups in total. The van der Waals surface area contributed by atoms with Crippen LogP contribution in [0.4, 0.5) is 0 Å². The molecule has 0 heterocycles. The minimum absolute atomic E-state index is 0.00936. The van der Waals surface area contributed by atoms with E-state index in [4.69, 9.17) is 16.0 Å². The molecular weight excluding hydrogens is 428 g/mol. The molecule has 0 fully saturated rings. The van der Waals surface area contributed by atoms with Crippen LogP contribution in [0.15, 0.2) is 82.7 Å². The summed E-state index contributed by atoms with van der Waals surface area (Å²) in [4.78, 5) is 11.5. The number of Topliss-reactive ketones (excluding diaryl/α,β-unsaturated/α-hetero) is 1. The number of benzene rings is 2. The van der Waals surface area contributed by atoms with E-state index in [1.165, 1.54) is 6.92 Å². The highest BCUT2D eigenvalue weighted by Crippen LogP contribution is 2.31. The minimum Gasteiger partial charge on any atom is -0.507 e. The van der Waals surface area contributed by atoms with Crippen molar-refractivity contribution in [3.05, 3.63) is 94.6 Å². The van der Waals surface area contributed by atoms with Crippen molar-refractivity contribution >= 4 is 11.6 Å². The van der Waals surface area contributed by atoms with Crippen LogP contribution in [-0.2, 0) is 6.42 Å². The van der Waals surface area contributed by atoms with E-state index in [1.54, 1.807) is 25.1 Å². The molecule has 0 saturated heterocycles. The van der Waals surface area contributed by atoms with Gasteiger partial charge in [0.15, 0.2) is 11.6 Å². The van der Waals surface area contributed by atoms with Gasteiger partial charge >= 0.3 is 0 Å². The van der Waals surface area contributed by atoms with Gasteiger partial charge in [-0.05, 0) is 62.1 Å². The summed E-state index contributed by atoms with van der Waals surface area (Å²) in [5, 5.41) is 24.7. The van der Waals surface area contributed by atoms with Gasteiger partial charge in [-0.25, -0.2) is 0 Å². The molecule has 0 aliphatic heterocycles. The van der Waals surface area contributed by atoms with Gasteiger partial charge in [0.25, 0.3) is 0 Å². The van der Waals surface area contributed by atoms with Crippen molar-refractivity contribution in [2.75, 3.05) is 6.61 Å². The predicted molar refractivity (Wildman–Crippen MR) is 138 cm³/mol. The van der Waals surface area contributed by atoms with Crippen molar-refractivity contribution in [1.29, 1.82) is 5.41 Å². The summed E-state index contributed by atoms with van der Waals surface area (Å²) in [6.45, 7) is 13.3. The smallest absolute Gasteiger partial charge is 0.176 e. The Kier molecular flexibility index (Phi) is 11.7. The van der Waals surface area contributed by atoms with Crippen LogP contribution >= 0.6 is 0 Å². The van der Waals surface area contributed by atoms with E-state index in [2.05, 4.69) is 16.9 Å². The molecule has 2 aromatic rings. The third-order valence-corrected chi connectivity index (χ3v) is 4.84. The maximum Gasteiger partial charge on any atom is 0.176 e. The van der Waals surface area contributed by atoms with Crippen molar-refractivity contribution < 1.29 is 14.6 Å². The predicted octanol–water partition coefficient (Wildman–Crippen LogP) is 6.26. The van der Waals surface area contributed by atoms with E-state index in [9.17, 15) is 9.90 Å². The third kappa shape index (κ3) is 8.16. The van der Waals surface area contributed by atoms with E-state index in [0.29, 0.717) is 23.3 Å². The number of phenolic OH excluding ortho intramolecular Hbond substituents is 1. The summed E-state index contributed by atoms with van der Waals surface area (Å²) in [5.74, 6) is 5.28. The number of nitrogens with two attached hydrogens (primary N) is 1. The number of aromatic hydroxyl groups is 1. The van der Waals surface area contributed by atoms with Crippen LogP contribution in [0.5, 0.6) is 11.5 Å². The quantitative estimate of drug-likeness (QED) is 0.0774. The Morgan fingerprint density at radius 3 is 2.56 bits per heavy atom. The third-order valence-electron chi connectivity index (χ3n) is 4.84. The van der Waals surface area contributed by atoms with Gasteiger partial charge in [0.1, 0.15) is 18.1 Å². The standard InChI is InChI=1S/C25H28N4O3.C2H6/c1-5-19(13-20-7-6-8-21(14-20)25(26)28-29-27)10-9-16(2)15-32-23-12-11-22(18(4)30)24(31)17(23)3;1-2/h5-12,14,31H,2,13,15H2,1,3-4H3,(H3,26,27,28);1-2H3/b10-9-,19-5+;. The second-order valence-electron chi connectivity index (χ2n) is 7.23. The number of allylic oxidation sites excluding steroid dienone is 3. The zero-order chi connectivity index (χ0) is 25.7. The molecule has 0 aromatic heterocycles. The Morgan fingerprint density at radius 2 is 1.94 bits per heavy atom. The number of ketones is 1. The van der Waals surface area contributed by atoms with Gasteiger partial charge in [-0.1, -0.05) is 62.1 Å². The number of amidine groups is 1. The molecule has 7 heteroatoms. The van der Waals surface area contributed by atoms with Gasteiger partial charge in [0.2, 0.25) is 0 Å². The second-order valence-corrected chi connectivity index (χ2v) is 7.23. The summed E-state index contributed by atoms with van der Waals surface area (Å²) >= 11 is 0. The Hall–Kier alpha value is -4.00. The van der Waals surface area contributed by atoms with E-state index < -0.39 is 0 Å². The number of phenols is 1. The highest BCUT2D eigenvalue weighted by molar-refractivity contribution is 5.97. The summed E-state index contributed by atoms with van der Waals surface area (Å²) in [7, 11) is 0. The first-order valence-corrected chi connectivity index (χ1v) is 11.0. The second kappa shape index (κ2) is 14.2. The maximum atomic E-state index is 11.5. The summed E-state index contributed by atoms with van der Waals surface area (Å²) in [6.07, 6.45) is 6.52. The molecule has 180 valence electrons. The maximum absolute atomic E-state index is 11.5. The molecule has 0 spiro atoms. The first-order valence-electron chi connectivity index (χ1n) is 11.0. The van der Waals surface area contributed by atoms with Crippen LogP contribution in [0, 0.1) is 12.3 Å². The number of hydrogen-bond acceptors (Lipinski definition) is 5. The molecule has 7 nitrogen and oxygen atoms in total. The molecular formula is C27H34N4O3. The van der Waals surface area contributed by atoms with Crippen LogP contribution in [0.2, 0.25) is 0 Å². The number of nitrogens with one attached hydrogen (secondary N) is 1. The zero-order valence-electron chi connectivity index (χ0n) is 20.6. The van der Waals surface area contributed by atoms with Crippen LogP contribution in [-0.4, -0.2) is 23.3 Å². The molecule has 0 bridgehead atoms. The number of carbonyl (C=O) groups is 1. The average Bonchev–Trinajstić information content (AvgIpc) is 2.84. The zero-order valence-corrected chi connectivity index (χ0v) is 20.6. The van der Waals surface area contributed by atoms with Crippen molar-refractivity contribution in [2.45, 2.75) is 41.0 Å². The number of rotatable bonds is 9. The molecule has 0 unspecified atom stereocenters. The fraction of sp³-hybridized carbons (Fsp3) is 0.259.